The van der Waals surface area contributed by atoms with Gasteiger partial charge in [-0.3, -0.25) is 4.90 Å². The molecule has 1 heterocycles. The SMILES string of the molecule is C=C(NCc1ccccc1)C1CCCN1C.C=CC(=C)C1CC1.C[CH-]c1ccccc1.[Na+]. The molecule has 4 rings (SSSR count). The molecule has 2 nitrogen and oxygen atoms in total. The fourth-order valence-corrected chi connectivity index (χ4v) is 3.55. The van der Waals surface area contributed by atoms with E-state index in [9.17, 15) is 0 Å². The molecule has 1 aliphatic heterocycles. The van der Waals surface area contributed by atoms with Gasteiger partial charge in [-0.05, 0) is 50.8 Å². The number of rotatable bonds is 7. The zero-order valence-electron chi connectivity index (χ0n) is 20.4. The molecule has 1 saturated heterocycles. The molecule has 1 N–H and O–H groups in total. The van der Waals surface area contributed by atoms with E-state index in [0.717, 1.165) is 18.2 Å². The summed E-state index contributed by atoms with van der Waals surface area (Å²) in [5, 5.41) is 3.44. The predicted molar refractivity (Wildman–Crippen MR) is 136 cm³/mol. The molecule has 2 aromatic carbocycles. The van der Waals surface area contributed by atoms with Crippen LogP contribution in [0.4, 0.5) is 0 Å². The Morgan fingerprint density at radius 3 is 2.03 bits per heavy atom. The van der Waals surface area contributed by atoms with E-state index in [1.54, 1.807) is 0 Å². The maximum atomic E-state index is 4.15. The average Bonchev–Trinajstić information content (AvgIpc) is 3.59. The monoisotopic (exact) mass is 438 g/mol. The van der Waals surface area contributed by atoms with E-state index in [2.05, 4.69) is 79.8 Å². The van der Waals surface area contributed by atoms with E-state index in [1.165, 1.54) is 48.9 Å². The van der Waals surface area contributed by atoms with E-state index < -0.39 is 0 Å². The number of nitrogens with zero attached hydrogens (tertiary/aromatic N) is 1. The molecule has 0 aromatic heterocycles. The topological polar surface area (TPSA) is 15.3 Å². The molecule has 2 aliphatic rings. The number of benzene rings is 2. The third-order valence-corrected chi connectivity index (χ3v) is 5.78. The Morgan fingerprint density at radius 2 is 1.62 bits per heavy atom. The van der Waals surface area contributed by atoms with Gasteiger partial charge < -0.3 is 5.32 Å². The predicted octanol–water partition coefficient (Wildman–Crippen LogP) is 3.79. The normalized spacial score (nSPS) is 16.8. The molecule has 32 heavy (non-hydrogen) atoms. The van der Waals surface area contributed by atoms with Gasteiger partial charge in [-0.1, -0.05) is 74.7 Å². The Balaban J connectivity index is 0.000000268. The molecule has 0 radical (unpaired) electrons. The number of nitrogens with one attached hydrogen (secondary N) is 1. The number of likely N-dealkylation sites (N-methyl/N-ethyl adjacent to an activating group) is 1. The van der Waals surface area contributed by atoms with Crippen LogP contribution in [-0.4, -0.2) is 24.5 Å². The van der Waals surface area contributed by atoms with Gasteiger partial charge in [-0.2, -0.15) is 24.1 Å². The van der Waals surface area contributed by atoms with Crippen LogP contribution in [0.2, 0.25) is 0 Å². The molecular weight excluding hydrogens is 399 g/mol. The molecule has 2 aromatic rings. The largest absolute Gasteiger partial charge is 1.00 e. The van der Waals surface area contributed by atoms with Crippen LogP contribution in [0.5, 0.6) is 0 Å². The van der Waals surface area contributed by atoms with Crippen LogP contribution in [0.1, 0.15) is 43.7 Å². The second-order valence-corrected chi connectivity index (χ2v) is 8.26. The van der Waals surface area contributed by atoms with Crippen molar-refractivity contribution in [2.24, 2.45) is 5.92 Å². The van der Waals surface area contributed by atoms with Crippen LogP contribution in [0.3, 0.4) is 0 Å². The van der Waals surface area contributed by atoms with Gasteiger partial charge in [0, 0.05) is 18.3 Å². The fourth-order valence-electron chi connectivity index (χ4n) is 3.55. The molecule has 1 saturated carbocycles. The second-order valence-electron chi connectivity index (χ2n) is 8.26. The van der Waals surface area contributed by atoms with Gasteiger partial charge in [0.15, 0.2) is 0 Å². The maximum Gasteiger partial charge on any atom is 1.00 e. The minimum Gasteiger partial charge on any atom is -0.383 e. The molecule has 0 bridgehead atoms. The first-order valence-electron chi connectivity index (χ1n) is 11.4. The Labute approximate surface area is 218 Å². The van der Waals surface area contributed by atoms with Crippen molar-refractivity contribution in [1.82, 2.24) is 10.2 Å². The molecule has 1 aliphatic carbocycles. The van der Waals surface area contributed by atoms with E-state index in [4.69, 9.17) is 0 Å². The van der Waals surface area contributed by atoms with E-state index >= 15 is 0 Å². The van der Waals surface area contributed by atoms with Crippen molar-refractivity contribution >= 4 is 0 Å². The average molecular weight is 439 g/mol. The number of likely N-dealkylation sites (tertiary alicyclic amines) is 1. The molecule has 2 fully saturated rings. The Hall–Kier alpha value is -1.71. The van der Waals surface area contributed by atoms with Crippen molar-refractivity contribution < 1.29 is 29.6 Å². The summed E-state index contributed by atoms with van der Waals surface area (Å²) in [4.78, 5) is 2.38. The third kappa shape index (κ3) is 10.7. The van der Waals surface area contributed by atoms with Crippen LogP contribution in [0, 0.1) is 12.3 Å². The smallest absolute Gasteiger partial charge is 0.383 e. The Morgan fingerprint density at radius 1 is 1.03 bits per heavy atom. The summed E-state index contributed by atoms with van der Waals surface area (Å²) in [6, 6.07) is 21.2. The summed E-state index contributed by atoms with van der Waals surface area (Å²) in [6.45, 7) is 15.7. The summed E-state index contributed by atoms with van der Waals surface area (Å²) >= 11 is 0. The molecular formula is C29H39N2Na. The number of hydrogen-bond donors (Lipinski definition) is 1. The molecule has 3 heteroatoms. The van der Waals surface area contributed by atoms with Crippen LogP contribution < -0.4 is 34.9 Å². The van der Waals surface area contributed by atoms with E-state index in [1.807, 2.05) is 37.3 Å². The van der Waals surface area contributed by atoms with Crippen molar-refractivity contribution in [2.45, 2.75) is 45.2 Å². The van der Waals surface area contributed by atoms with Crippen molar-refractivity contribution in [3.8, 4) is 0 Å². The third-order valence-electron chi connectivity index (χ3n) is 5.78. The minimum absolute atomic E-state index is 0. The quantitative estimate of drug-likeness (QED) is 0.402. The Bertz CT molecular complexity index is 796. The van der Waals surface area contributed by atoms with Gasteiger partial charge in [-0.25, -0.2) is 0 Å². The fraction of sp³-hybridized carbons (Fsp3) is 0.345. The van der Waals surface area contributed by atoms with Crippen molar-refractivity contribution in [1.29, 1.82) is 0 Å². The molecule has 0 amide bonds. The molecule has 0 spiro atoms. The minimum atomic E-state index is 0. The van der Waals surface area contributed by atoms with Crippen molar-refractivity contribution in [3.63, 3.8) is 0 Å². The van der Waals surface area contributed by atoms with Gasteiger partial charge in [0.05, 0.1) is 0 Å². The van der Waals surface area contributed by atoms with Gasteiger partial charge in [0.25, 0.3) is 0 Å². The van der Waals surface area contributed by atoms with Crippen molar-refractivity contribution in [3.05, 3.63) is 115 Å². The summed E-state index contributed by atoms with van der Waals surface area (Å²) in [7, 11) is 2.17. The zero-order valence-corrected chi connectivity index (χ0v) is 22.4. The first kappa shape index (κ1) is 28.3. The van der Waals surface area contributed by atoms with Gasteiger partial charge in [0.1, 0.15) is 0 Å². The first-order chi connectivity index (χ1) is 15.0. The maximum absolute atomic E-state index is 4.15. The number of hydrogen-bond acceptors (Lipinski definition) is 2. The first-order valence-corrected chi connectivity index (χ1v) is 11.4. The zero-order chi connectivity index (χ0) is 22.5. The standard InChI is InChI=1S/C14H20N2.C8H9.C7H10.Na/c1-12(14-9-6-10-16(14)2)15-11-13-7-4-3-5-8-13;1-2-8-6-4-3-5-7-8;1-3-6(2)7-4-5-7;/h3-5,7-8,14-15H,1,6,9-11H2,2H3;2-7H,1H3;3,7H,1-2,4-5H2;/q;-1;;+1. The second kappa shape index (κ2) is 16.0. The van der Waals surface area contributed by atoms with Crippen molar-refractivity contribution in [2.75, 3.05) is 13.6 Å². The van der Waals surface area contributed by atoms with Crippen LogP contribution in [0.25, 0.3) is 0 Å². The van der Waals surface area contributed by atoms with Gasteiger partial charge in [-0.15, -0.1) is 12.1 Å². The van der Waals surface area contributed by atoms with Gasteiger partial charge in [0.2, 0.25) is 0 Å². The molecule has 1 atom stereocenters. The summed E-state index contributed by atoms with van der Waals surface area (Å²) in [5.74, 6) is 0.803. The molecule has 166 valence electrons. The summed E-state index contributed by atoms with van der Waals surface area (Å²) in [6.07, 6.45) is 9.14. The number of allylic oxidation sites excluding steroid dienone is 2. The van der Waals surface area contributed by atoms with Crippen LogP contribution in [-0.2, 0) is 6.54 Å². The van der Waals surface area contributed by atoms with E-state index in [0.29, 0.717) is 6.04 Å². The van der Waals surface area contributed by atoms with Crippen LogP contribution in [0.15, 0.2) is 97.7 Å². The Kier molecular flexibility index (Phi) is 14.2. The van der Waals surface area contributed by atoms with Gasteiger partial charge >= 0.3 is 29.6 Å². The van der Waals surface area contributed by atoms with Crippen LogP contribution >= 0.6 is 0 Å². The molecule has 1 unspecified atom stereocenters. The summed E-state index contributed by atoms with van der Waals surface area (Å²) < 4.78 is 0. The van der Waals surface area contributed by atoms with E-state index in [-0.39, 0.29) is 29.6 Å². The summed E-state index contributed by atoms with van der Waals surface area (Å²) in [5.41, 5.74) is 4.97.